The summed E-state index contributed by atoms with van der Waals surface area (Å²) in [5, 5.41) is 37.2. The van der Waals surface area contributed by atoms with Crippen molar-refractivity contribution in [3.63, 3.8) is 0 Å². The molecule has 0 N–H and O–H groups in total. The Morgan fingerprint density at radius 1 is 0.273 bits per heavy atom. The first-order valence-electron chi connectivity index (χ1n) is 36.1. The van der Waals surface area contributed by atoms with Crippen molar-refractivity contribution in [2.24, 2.45) is 0 Å². The first-order chi connectivity index (χ1) is 43.8. The zero-order chi connectivity index (χ0) is 54.1. The van der Waals surface area contributed by atoms with E-state index in [1.165, 1.54) is 64.2 Å². The van der Waals surface area contributed by atoms with Crippen LogP contribution in [0.25, 0.3) is 130 Å². The van der Waals surface area contributed by atoms with Crippen molar-refractivity contribution in [2.45, 2.75) is 184 Å². The highest BCUT2D eigenvalue weighted by Crippen LogP contribution is 2.99. The van der Waals surface area contributed by atoms with Crippen LogP contribution in [-0.4, -0.2) is 0 Å². The van der Waals surface area contributed by atoms with E-state index in [-0.39, 0.29) is 10.8 Å². The minimum atomic E-state index is -0.270. The van der Waals surface area contributed by atoms with Gasteiger partial charge in [-0.3, -0.25) is 0 Å². The fourth-order valence-electron chi connectivity index (χ4n) is 33.9. The monoisotopic (exact) mass is 1110 g/mol. The summed E-state index contributed by atoms with van der Waals surface area (Å²) in [7, 11) is 0. The minimum absolute atomic E-state index is 0.269. The Balaban J connectivity index is 0.863. The summed E-state index contributed by atoms with van der Waals surface area (Å²) in [5.41, 5.74) is 52.1. The van der Waals surface area contributed by atoms with Crippen LogP contribution in [0.2, 0.25) is 0 Å². The van der Waals surface area contributed by atoms with Crippen molar-refractivity contribution in [2.75, 3.05) is 0 Å². The quantitative estimate of drug-likeness (QED) is 0.0845. The lowest BCUT2D eigenvalue weighted by Crippen LogP contribution is -2.63. The second kappa shape index (κ2) is 10.4. The zero-order valence-electron chi connectivity index (χ0n) is 49.1. The molecule has 14 aromatic carbocycles. The molecule has 0 nitrogen and oxygen atoms in total. The van der Waals surface area contributed by atoms with E-state index in [0.717, 1.165) is 0 Å². The topological polar surface area (TPSA) is 0 Å². The maximum absolute atomic E-state index is 2.89. The van der Waals surface area contributed by atoms with Gasteiger partial charge < -0.3 is 0 Å². The molecule has 0 saturated carbocycles. The average molecular weight is 1110 g/mol. The number of hydrogen-bond donors (Lipinski definition) is 0. The van der Waals surface area contributed by atoms with Gasteiger partial charge in [0.1, 0.15) is 0 Å². The van der Waals surface area contributed by atoms with Gasteiger partial charge in [-0.25, -0.2) is 0 Å². The van der Waals surface area contributed by atoms with Crippen LogP contribution in [0.5, 0.6) is 0 Å². The fraction of sp³-hybridized carbons (Fsp3) is 0.341. The summed E-state index contributed by atoms with van der Waals surface area (Å²) in [6.07, 6.45) is 18.7. The van der Waals surface area contributed by atoms with E-state index in [9.17, 15) is 0 Å². The van der Waals surface area contributed by atoms with E-state index in [0.29, 0.717) is 94.7 Å². The Bertz CT molecular complexity index is 6520. The maximum atomic E-state index is 2.89. The molecule has 0 aromatic heterocycles. The van der Waals surface area contributed by atoms with Gasteiger partial charge in [-0.05, 0) is 325 Å². The molecule has 0 radical (unpaired) electrons. The van der Waals surface area contributed by atoms with Gasteiger partial charge in [0.2, 0.25) is 0 Å². The Morgan fingerprint density at radius 3 is 1.01 bits per heavy atom. The molecule has 21 aliphatic rings. The highest BCUT2D eigenvalue weighted by Gasteiger charge is 2.86. The molecule has 0 saturated heterocycles. The van der Waals surface area contributed by atoms with Gasteiger partial charge in [0.25, 0.3) is 0 Å². The number of benzene rings is 12. The number of aryl methyl sites for hydroxylation is 2. The normalized spacial score (nSPS) is 37.2. The van der Waals surface area contributed by atoms with Gasteiger partial charge in [-0.2, -0.15) is 0 Å². The lowest BCUT2D eigenvalue weighted by molar-refractivity contribution is 0.143. The largest absolute Gasteiger partial charge is 0.0654 e. The van der Waals surface area contributed by atoms with Crippen LogP contribution in [0.1, 0.15) is 293 Å². The molecule has 0 heteroatoms. The SMILES string of the molecule is CCCCCCc1ccc(C2=CC=C(c3ccc(CCCCCC)cc3)C34c5c6c7c8c9c%10c%11c%12c%13c%14c%15c%16c%17c(c5c5c%16c%13c%10c75)C3C3c5c7c%10c%13c%16c%18c%19c%20c%21c%22c%23c%24c%25c(c5c5c%24c%21c%18c%105)C3C%17C%15C%25C%23C%14C%12C%22C%20=C%11C9C%19C%16C8C6C%13C274)cc1. The molecule has 0 heterocycles. The maximum Gasteiger partial charge on any atom is 0.0436 e. The molecule has 404 valence electrons. The van der Waals surface area contributed by atoms with Crippen molar-refractivity contribution in [1.82, 2.24) is 0 Å². The lowest BCUT2D eigenvalue weighted by atomic mass is 9.32. The molecule has 35 rings (SSSR count). The van der Waals surface area contributed by atoms with Crippen LogP contribution < -0.4 is 0 Å². The van der Waals surface area contributed by atoms with E-state index in [1.807, 2.05) is 230 Å². The van der Waals surface area contributed by atoms with Crippen LogP contribution in [0.4, 0.5) is 0 Å². The Kier molecular flexibility index (Phi) is 4.68. The Hall–Kier alpha value is -7.54. The summed E-state index contributed by atoms with van der Waals surface area (Å²) in [6.45, 7) is 4.74. The van der Waals surface area contributed by atoms with Gasteiger partial charge >= 0.3 is 0 Å². The van der Waals surface area contributed by atoms with Gasteiger partial charge in [0.05, 0.1) is 0 Å². The van der Waals surface area contributed by atoms with Crippen LogP contribution in [0.3, 0.4) is 0 Å². The van der Waals surface area contributed by atoms with Crippen molar-refractivity contribution in [3.8, 4) is 0 Å². The van der Waals surface area contributed by atoms with E-state index in [4.69, 9.17) is 0 Å². The smallest absolute Gasteiger partial charge is 0.0436 e. The fourth-order valence-corrected chi connectivity index (χ4v) is 33.9. The Morgan fingerprint density at radius 2 is 0.602 bits per heavy atom. The predicted molar refractivity (Wildman–Crippen MR) is 354 cm³/mol. The average Bonchev–Trinajstić information content (AvgIpc) is 1.38. The molecular weight excluding hydrogens is 1060 g/mol. The molecule has 0 bridgehead atoms. The number of rotatable bonds is 12. The summed E-state index contributed by atoms with van der Waals surface area (Å²) in [4.78, 5) is 0. The minimum Gasteiger partial charge on any atom is -0.0654 e. The predicted octanol–water partition coefficient (Wildman–Crippen LogP) is 21.3. The number of unbranched alkanes of at least 4 members (excludes halogenated alkanes) is 6. The van der Waals surface area contributed by atoms with Crippen LogP contribution in [0, 0.1) is 0 Å². The molecule has 0 aliphatic heterocycles. The Labute approximate surface area is 504 Å². The first-order valence-corrected chi connectivity index (χ1v) is 36.1. The second-order valence-corrected chi connectivity index (χ2v) is 34.5. The van der Waals surface area contributed by atoms with E-state index < -0.39 is 0 Å². The zero-order valence-corrected chi connectivity index (χ0v) is 49.1. The van der Waals surface area contributed by atoms with Crippen molar-refractivity contribution in [3.05, 3.63) is 194 Å². The van der Waals surface area contributed by atoms with E-state index >= 15 is 0 Å². The summed E-state index contributed by atoms with van der Waals surface area (Å²) < 4.78 is 0. The van der Waals surface area contributed by atoms with Crippen molar-refractivity contribution >= 4 is 130 Å². The van der Waals surface area contributed by atoms with E-state index in [2.05, 4.69) is 74.5 Å². The number of allylic oxidation sites excluding steroid dienone is 6. The number of hydrogen-bond acceptors (Lipinski definition) is 0. The van der Waals surface area contributed by atoms with Gasteiger partial charge in [0, 0.05) is 70.0 Å². The third-order valence-corrected chi connectivity index (χ3v) is 33.9. The highest BCUT2D eigenvalue weighted by molar-refractivity contribution is 6.54. The molecule has 18 unspecified atom stereocenters. The van der Waals surface area contributed by atoms with Gasteiger partial charge in [-0.1, -0.05) is 113 Å². The molecule has 88 heavy (non-hydrogen) atoms. The van der Waals surface area contributed by atoms with Gasteiger partial charge in [-0.15, -0.1) is 0 Å². The first kappa shape index (κ1) is 39.5. The van der Waals surface area contributed by atoms with Crippen LogP contribution >= 0.6 is 0 Å². The summed E-state index contributed by atoms with van der Waals surface area (Å²) >= 11 is 0. The molecule has 21 aliphatic carbocycles. The van der Waals surface area contributed by atoms with Gasteiger partial charge in [0.15, 0.2) is 0 Å². The third kappa shape index (κ3) is 2.64. The molecule has 0 fully saturated rings. The second-order valence-electron chi connectivity index (χ2n) is 34.5. The standard InChI is InChI=1S/C88H52/c1-3-5-7-9-11-23-13-17-25(18-14-23)27-21-22-28(26-19-15-24(16-20-26)12-10-8-6-4-2)88-85-77-69-59-49-41-33-30-29-31-35-37(33)45-51-43(35)53-47-39(31)40-32(29)36-38-34(30)42(41)50-56-46(38)52-44(36)54-48(40)58-57(47)67-61(53)71-65(51)73(63(69)55(45)49)81(85)79(71)83-75(67)76-68(58)62(54)72-66(52)74-64(56)70(60(50)59)78(77)86(88)82(74)80(72)84(76)87(27,83)88/h13-22,29-31,35,43,46,53,56,61,64,71,74,79,82-83,86H,3-12H2,1-2H3. The van der Waals surface area contributed by atoms with Crippen molar-refractivity contribution < 1.29 is 0 Å². The summed E-state index contributed by atoms with van der Waals surface area (Å²) in [5.74, 6) is 8.53. The van der Waals surface area contributed by atoms with Crippen molar-refractivity contribution in [1.29, 1.82) is 0 Å². The molecule has 14 aromatic rings. The van der Waals surface area contributed by atoms with Crippen LogP contribution in [0.15, 0.2) is 60.7 Å². The molecular formula is C88H52. The molecule has 18 atom stereocenters. The molecule has 0 amide bonds. The summed E-state index contributed by atoms with van der Waals surface area (Å²) in [6, 6.07) is 21.5. The lowest BCUT2D eigenvalue weighted by Gasteiger charge is -2.68. The molecule has 2 spiro atoms. The van der Waals surface area contributed by atoms with Crippen LogP contribution in [-0.2, 0) is 23.7 Å². The van der Waals surface area contributed by atoms with E-state index in [1.54, 1.807) is 33.4 Å². The third-order valence-electron chi connectivity index (χ3n) is 33.9. The highest BCUT2D eigenvalue weighted by atomic mass is 14.9.